The summed E-state index contributed by atoms with van der Waals surface area (Å²) >= 11 is 3.84. The zero-order valence-corrected chi connectivity index (χ0v) is 7.05. The van der Waals surface area contributed by atoms with Crippen LogP contribution in [0.3, 0.4) is 0 Å². The van der Waals surface area contributed by atoms with E-state index in [0.717, 1.165) is 12.8 Å². The largest absolute Gasteiger partial charge is 0.311 e. The molecule has 0 spiro atoms. The molecule has 0 aliphatic heterocycles. The lowest BCUT2D eigenvalue weighted by Gasteiger charge is -2.06. The second-order valence-electron chi connectivity index (χ2n) is 2.83. The van der Waals surface area contributed by atoms with Crippen LogP contribution in [0.4, 0.5) is 0 Å². The first-order valence-electron chi connectivity index (χ1n) is 3.80. The van der Waals surface area contributed by atoms with E-state index in [-0.39, 0.29) is 6.10 Å². The van der Waals surface area contributed by atoms with E-state index in [1.54, 1.807) is 0 Å². The van der Waals surface area contributed by atoms with Crippen molar-refractivity contribution in [3.63, 3.8) is 0 Å². The Bertz CT molecular complexity index is 259. The SMILES string of the molecule is SOC1CCc2ccccc21. The molecule has 58 valence electrons. The Hall–Kier alpha value is -0.470. The minimum Gasteiger partial charge on any atom is -0.311 e. The lowest BCUT2D eigenvalue weighted by Crippen LogP contribution is -1.90. The van der Waals surface area contributed by atoms with Gasteiger partial charge in [0.05, 0.1) is 6.10 Å². The van der Waals surface area contributed by atoms with Gasteiger partial charge in [0.25, 0.3) is 0 Å². The molecule has 1 aliphatic carbocycles. The molecule has 1 aliphatic rings. The first kappa shape index (κ1) is 7.19. The van der Waals surface area contributed by atoms with E-state index in [1.807, 2.05) is 6.07 Å². The van der Waals surface area contributed by atoms with Gasteiger partial charge in [-0.2, -0.15) is 0 Å². The summed E-state index contributed by atoms with van der Waals surface area (Å²) in [5.41, 5.74) is 2.72. The van der Waals surface area contributed by atoms with Crippen molar-refractivity contribution in [2.75, 3.05) is 0 Å². The number of hydrogen-bond donors (Lipinski definition) is 1. The quantitative estimate of drug-likeness (QED) is 0.498. The number of benzene rings is 1. The van der Waals surface area contributed by atoms with Crippen LogP contribution in [-0.4, -0.2) is 0 Å². The molecule has 0 saturated carbocycles. The number of hydrogen-bond acceptors (Lipinski definition) is 2. The Kier molecular flexibility index (Phi) is 1.88. The fourth-order valence-corrected chi connectivity index (χ4v) is 1.85. The molecule has 1 nitrogen and oxygen atoms in total. The number of aryl methyl sites for hydroxylation is 1. The highest BCUT2D eigenvalue weighted by Gasteiger charge is 2.21. The molecule has 0 amide bonds. The molecule has 0 heterocycles. The lowest BCUT2D eigenvalue weighted by molar-refractivity contribution is 0.255. The van der Waals surface area contributed by atoms with Crippen LogP contribution in [-0.2, 0) is 10.6 Å². The van der Waals surface area contributed by atoms with Crippen molar-refractivity contribution in [2.45, 2.75) is 18.9 Å². The van der Waals surface area contributed by atoms with E-state index in [9.17, 15) is 0 Å². The maximum absolute atomic E-state index is 5.03. The zero-order valence-electron chi connectivity index (χ0n) is 6.16. The fraction of sp³-hybridized carbons (Fsp3) is 0.333. The van der Waals surface area contributed by atoms with Gasteiger partial charge < -0.3 is 4.18 Å². The standard InChI is InChI=1S/C9H10OS/c11-10-9-6-5-7-3-1-2-4-8(7)9/h1-4,9,11H,5-6H2. The van der Waals surface area contributed by atoms with Gasteiger partial charge in [0.1, 0.15) is 0 Å². The molecule has 0 N–H and O–H groups in total. The summed E-state index contributed by atoms with van der Waals surface area (Å²) in [5, 5.41) is 0. The van der Waals surface area contributed by atoms with E-state index >= 15 is 0 Å². The molecule has 0 saturated heterocycles. The summed E-state index contributed by atoms with van der Waals surface area (Å²) < 4.78 is 5.03. The van der Waals surface area contributed by atoms with Gasteiger partial charge in [0.15, 0.2) is 0 Å². The highest BCUT2D eigenvalue weighted by Crippen LogP contribution is 2.33. The van der Waals surface area contributed by atoms with E-state index in [4.69, 9.17) is 4.18 Å². The minimum atomic E-state index is 0.217. The molecule has 1 aromatic rings. The predicted octanol–water partition coefficient (Wildman–Crippen LogP) is 2.54. The van der Waals surface area contributed by atoms with Crippen LogP contribution < -0.4 is 0 Å². The molecule has 0 radical (unpaired) electrons. The van der Waals surface area contributed by atoms with Crippen molar-refractivity contribution >= 4 is 12.9 Å². The highest BCUT2D eigenvalue weighted by molar-refractivity contribution is 7.75. The minimum absolute atomic E-state index is 0.217. The van der Waals surface area contributed by atoms with Crippen molar-refractivity contribution < 1.29 is 4.18 Å². The van der Waals surface area contributed by atoms with Gasteiger partial charge in [-0.25, -0.2) is 0 Å². The highest BCUT2D eigenvalue weighted by atomic mass is 32.1. The zero-order chi connectivity index (χ0) is 7.68. The van der Waals surface area contributed by atoms with Gasteiger partial charge in [-0.1, -0.05) is 24.3 Å². The Morgan fingerprint density at radius 1 is 1.36 bits per heavy atom. The van der Waals surface area contributed by atoms with Crippen LogP contribution in [0.2, 0.25) is 0 Å². The monoisotopic (exact) mass is 166 g/mol. The van der Waals surface area contributed by atoms with E-state index in [2.05, 4.69) is 31.1 Å². The van der Waals surface area contributed by atoms with Gasteiger partial charge in [0, 0.05) is 0 Å². The lowest BCUT2D eigenvalue weighted by atomic mass is 10.1. The molecular formula is C9H10OS. The van der Waals surface area contributed by atoms with Crippen molar-refractivity contribution in [1.29, 1.82) is 0 Å². The second-order valence-corrected chi connectivity index (χ2v) is 3.04. The third kappa shape index (κ3) is 1.17. The van der Waals surface area contributed by atoms with Crippen molar-refractivity contribution in [1.82, 2.24) is 0 Å². The molecule has 1 aromatic carbocycles. The molecule has 2 rings (SSSR count). The predicted molar refractivity (Wildman–Crippen MR) is 47.6 cm³/mol. The normalized spacial score (nSPS) is 21.7. The molecule has 1 unspecified atom stereocenters. The number of fused-ring (bicyclic) bond motifs is 1. The average Bonchev–Trinajstić information content (AvgIpc) is 2.47. The van der Waals surface area contributed by atoms with Gasteiger partial charge in [-0.05, 0) is 36.9 Å². The smallest absolute Gasteiger partial charge is 0.0974 e. The van der Waals surface area contributed by atoms with E-state index in [1.165, 1.54) is 11.1 Å². The molecule has 0 fully saturated rings. The van der Waals surface area contributed by atoms with Gasteiger partial charge in [-0.3, -0.25) is 0 Å². The van der Waals surface area contributed by atoms with Crippen molar-refractivity contribution in [3.8, 4) is 0 Å². The first-order valence-corrected chi connectivity index (χ1v) is 4.16. The average molecular weight is 166 g/mol. The molecule has 1 atom stereocenters. The van der Waals surface area contributed by atoms with Crippen LogP contribution in [0.1, 0.15) is 23.7 Å². The maximum atomic E-state index is 5.03. The van der Waals surface area contributed by atoms with E-state index < -0.39 is 0 Å². The summed E-state index contributed by atoms with van der Waals surface area (Å²) in [4.78, 5) is 0. The number of thiol groups is 1. The third-order valence-corrected chi connectivity index (χ3v) is 2.46. The van der Waals surface area contributed by atoms with Crippen LogP contribution in [0.5, 0.6) is 0 Å². The van der Waals surface area contributed by atoms with Crippen LogP contribution in [0, 0.1) is 0 Å². The van der Waals surface area contributed by atoms with Crippen LogP contribution in [0.15, 0.2) is 24.3 Å². The summed E-state index contributed by atoms with van der Waals surface area (Å²) in [6.45, 7) is 0. The molecule has 2 heteroatoms. The van der Waals surface area contributed by atoms with Crippen LogP contribution >= 0.6 is 12.9 Å². The molecule has 0 aromatic heterocycles. The van der Waals surface area contributed by atoms with Crippen molar-refractivity contribution in [3.05, 3.63) is 35.4 Å². The topological polar surface area (TPSA) is 9.23 Å². The van der Waals surface area contributed by atoms with Crippen LogP contribution in [0.25, 0.3) is 0 Å². The third-order valence-electron chi connectivity index (χ3n) is 2.21. The summed E-state index contributed by atoms with van der Waals surface area (Å²) in [6.07, 6.45) is 2.42. The molecular weight excluding hydrogens is 156 g/mol. The fourth-order valence-electron chi connectivity index (χ4n) is 1.63. The van der Waals surface area contributed by atoms with Gasteiger partial charge in [-0.15, -0.1) is 0 Å². The Labute approximate surface area is 72.0 Å². The Morgan fingerprint density at radius 3 is 3.00 bits per heavy atom. The van der Waals surface area contributed by atoms with E-state index in [0.29, 0.717) is 0 Å². The summed E-state index contributed by atoms with van der Waals surface area (Å²) in [6, 6.07) is 8.38. The maximum Gasteiger partial charge on any atom is 0.0974 e. The number of rotatable bonds is 1. The molecule has 11 heavy (non-hydrogen) atoms. The Morgan fingerprint density at radius 2 is 2.18 bits per heavy atom. The molecule has 0 bridgehead atoms. The van der Waals surface area contributed by atoms with Gasteiger partial charge in [0.2, 0.25) is 0 Å². The van der Waals surface area contributed by atoms with Gasteiger partial charge >= 0.3 is 0 Å². The summed E-state index contributed by atoms with van der Waals surface area (Å²) in [5.74, 6) is 0. The second kappa shape index (κ2) is 2.88. The first-order chi connectivity index (χ1) is 5.42. The Balaban J connectivity index is 2.39. The van der Waals surface area contributed by atoms with Crippen molar-refractivity contribution in [2.24, 2.45) is 0 Å². The summed E-state index contributed by atoms with van der Waals surface area (Å²) in [7, 11) is 0.